The number of morpholine rings is 1. The van der Waals surface area contributed by atoms with Crippen LogP contribution in [0.2, 0.25) is 0 Å². The van der Waals surface area contributed by atoms with Gasteiger partial charge in [0.15, 0.2) is 0 Å². The van der Waals surface area contributed by atoms with Gasteiger partial charge in [0, 0.05) is 36.4 Å². The molecule has 6 rings (SSSR count). The van der Waals surface area contributed by atoms with Crippen molar-refractivity contribution < 1.29 is 4.74 Å². The van der Waals surface area contributed by atoms with Gasteiger partial charge in [-0.1, -0.05) is 12.8 Å². The van der Waals surface area contributed by atoms with Crippen LogP contribution in [0.25, 0.3) is 10.2 Å². The van der Waals surface area contributed by atoms with E-state index < -0.39 is 0 Å². The first kappa shape index (κ1) is 19.6. The number of thiophene rings is 1. The lowest BCUT2D eigenvalue weighted by atomic mass is 9.90. The molecule has 164 valence electrons. The molecule has 0 amide bonds. The quantitative estimate of drug-likeness (QED) is 0.653. The molecule has 1 saturated heterocycles. The van der Waals surface area contributed by atoms with E-state index in [1.165, 1.54) is 41.5 Å². The molecule has 1 saturated carbocycles. The summed E-state index contributed by atoms with van der Waals surface area (Å²) in [6.45, 7) is 4.30. The Hall–Kier alpha value is -2.03. The van der Waals surface area contributed by atoms with Crippen molar-refractivity contribution in [2.75, 3.05) is 31.6 Å². The van der Waals surface area contributed by atoms with Crippen LogP contribution in [0.3, 0.4) is 0 Å². The van der Waals surface area contributed by atoms with Crippen molar-refractivity contribution in [3.05, 3.63) is 34.7 Å². The monoisotopic (exact) mass is 438 g/mol. The Labute approximate surface area is 186 Å². The first-order valence-corrected chi connectivity index (χ1v) is 12.5. The molecule has 1 N–H and O–H groups in total. The van der Waals surface area contributed by atoms with Crippen LogP contribution in [-0.4, -0.2) is 57.0 Å². The Morgan fingerprint density at radius 1 is 1.10 bits per heavy atom. The van der Waals surface area contributed by atoms with Crippen LogP contribution < -0.4 is 5.32 Å². The zero-order valence-corrected chi connectivity index (χ0v) is 18.7. The molecule has 0 bridgehead atoms. The van der Waals surface area contributed by atoms with Crippen LogP contribution in [0.15, 0.2) is 18.5 Å². The van der Waals surface area contributed by atoms with Gasteiger partial charge >= 0.3 is 0 Å². The van der Waals surface area contributed by atoms with Gasteiger partial charge in [0.05, 0.1) is 31.2 Å². The molecule has 0 aromatic carbocycles. The molecule has 0 radical (unpaired) electrons. The minimum atomic E-state index is 0.347. The van der Waals surface area contributed by atoms with E-state index in [-0.39, 0.29) is 0 Å². The molecule has 1 aliphatic heterocycles. The molecule has 2 unspecified atom stereocenters. The second-order valence-electron chi connectivity index (χ2n) is 9.00. The predicted molar refractivity (Wildman–Crippen MR) is 123 cm³/mol. The van der Waals surface area contributed by atoms with E-state index in [2.05, 4.69) is 26.2 Å². The van der Waals surface area contributed by atoms with E-state index in [0.29, 0.717) is 12.1 Å². The maximum Gasteiger partial charge on any atom is 0.146 e. The lowest BCUT2D eigenvalue weighted by Crippen LogP contribution is -2.36. The number of hydrogen-bond donors (Lipinski definition) is 1. The second kappa shape index (κ2) is 8.48. The predicted octanol–water partition coefficient (Wildman–Crippen LogP) is 3.80. The SMILES string of the molecule is c1cnn(C2CCCCC2Nc2nc(CN3CCOCC3)nc3sc4c(c23)CCC4)c1. The summed E-state index contributed by atoms with van der Waals surface area (Å²) < 4.78 is 7.66. The zero-order valence-electron chi connectivity index (χ0n) is 17.9. The van der Waals surface area contributed by atoms with Crippen molar-refractivity contribution in [2.45, 2.75) is 63.6 Å². The number of fused-ring (bicyclic) bond motifs is 3. The third kappa shape index (κ3) is 3.85. The minimum Gasteiger partial charge on any atom is -0.379 e. The summed E-state index contributed by atoms with van der Waals surface area (Å²) in [6, 6.07) is 2.75. The minimum absolute atomic E-state index is 0.347. The zero-order chi connectivity index (χ0) is 20.6. The van der Waals surface area contributed by atoms with E-state index in [9.17, 15) is 0 Å². The van der Waals surface area contributed by atoms with Gasteiger partial charge in [0.1, 0.15) is 16.5 Å². The number of anilines is 1. The summed E-state index contributed by atoms with van der Waals surface area (Å²) in [6.07, 6.45) is 12.4. The molecule has 2 atom stereocenters. The molecule has 4 heterocycles. The molecule has 2 fully saturated rings. The number of aromatic nitrogens is 4. The summed E-state index contributed by atoms with van der Waals surface area (Å²) in [5, 5.41) is 9.76. The number of ether oxygens (including phenoxy) is 1. The summed E-state index contributed by atoms with van der Waals surface area (Å²) in [5.74, 6) is 1.99. The molecular weight excluding hydrogens is 408 g/mol. The van der Waals surface area contributed by atoms with Gasteiger partial charge in [-0.3, -0.25) is 9.58 Å². The highest BCUT2D eigenvalue weighted by Crippen LogP contribution is 2.41. The van der Waals surface area contributed by atoms with E-state index >= 15 is 0 Å². The summed E-state index contributed by atoms with van der Waals surface area (Å²) in [7, 11) is 0. The average molecular weight is 439 g/mol. The fraction of sp³-hybridized carbons (Fsp3) is 0.609. The molecule has 3 aliphatic rings. The van der Waals surface area contributed by atoms with Gasteiger partial charge in [-0.25, -0.2) is 9.97 Å². The Morgan fingerprint density at radius 2 is 2.00 bits per heavy atom. The van der Waals surface area contributed by atoms with Crippen molar-refractivity contribution in [1.82, 2.24) is 24.6 Å². The van der Waals surface area contributed by atoms with Gasteiger partial charge in [0.2, 0.25) is 0 Å². The summed E-state index contributed by atoms with van der Waals surface area (Å²) in [4.78, 5) is 15.2. The van der Waals surface area contributed by atoms with E-state index in [0.717, 1.165) is 68.6 Å². The highest BCUT2D eigenvalue weighted by molar-refractivity contribution is 7.19. The van der Waals surface area contributed by atoms with Crippen LogP contribution in [0, 0.1) is 0 Å². The van der Waals surface area contributed by atoms with Gasteiger partial charge in [0.25, 0.3) is 0 Å². The number of hydrogen-bond acceptors (Lipinski definition) is 7. The standard InChI is InChI=1S/C23H30N6OS/c1-2-7-18(29-10-4-9-24-29)17(6-1)25-22-21-16-5-3-8-19(16)31-23(21)27-20(26-22)15-28-11-13-30-14-12-28/h4,9-10,17-18H,1-3,5-8,11-15H2,(H,25,26,27). The van der Waals surface area contributed by atoms with E-state index in [1.54, 1.807) is 0 Å². The maximum atomic E-state index is 5.52. The van der Waals surface area contributed by atoms with Crippen molar-refractivity contribution in [3.8, 4) is 0 Å². The van der Waals surface area contributed by atoms with Gasteiger partial charge in [-0.05, 0) is 43.7 Å². The van der Waals surface area contributed by atoms with Gasteiger partial charge in [-0.15, -0.1) is 11.3 Å². The molecule has 7 nitrogen and oxygen atoms in total. The van der Waals surface area contributed by atoms with Crippen molar-refractivity contribution in [2.24, 2.45) is 0 Å². The molecule has 3 aromatic rings. The topological polar surface area (TPSA) is 68.1 Å². The van der Waals surface area contributed by atoms with E-state index in [1.807, 2.05) is 23.6 Å². The Balaban J connectivity index is 1.35. The van der Waals surface area contributed by atoms with E-state index in [4.69, 9.17) is 14.7 Å². The first-order chi connectivity index (χ1) is 15.3. The Kier molecular flexibility index (Phi) is 5.37. The smallest absolute Gasteiger partial charge is 0.146 e. The lowest BCUT2D eigenvalue weighted by Gasteiger charge is -2.33. The average Bonchev–Trinajstić information content (AvgIpc) is 3.52. The van der Waals surface area contributed by atoms with Gasteiger partial charge < -0.3 is 10.1 Å². The summed E-state index contributed by atoms with van der Waals surface area (Å²) in [5.41, 5.74) is 1.49. The van der Waals surface area contributed by atoms with Crippen molar-refractivity contribution in [1.29, 1.82) is 0 Å². The second-order valence-corrected chi connectivity index (χ2v) is 10.1. The molecule has 8 heteroatoms. The highest BCUT2D eigenvalue weighted by atomic mass is 32.1. The largest absolute Gasteiger partial charge is 0.379 e. The van der Waals surface area contributed by atoms with Gasteiger partial charge in [-0.2, -0.15) is 5.10 Å². The highest BCUT2D eigenvalue weighted by Gasteiger charge is 2.30. The number of nitrogens with zero attached hydrogens (tertiary/aromatic N) is 5. The number of nitrogens with one attached hydrogen (secondary N) is 1. The fourth-order valence-electron chi connectivity index (χ4n) is 5.42. The number of aryl methyl sites for hydroxylation is 2. The molecular formula is C23H30N6OS. The van der Waals surface area contributed by atoms with Crippen molar-refractivity contribution >= 4 is 27.4 Å². The molecule has 31 heavy (non-hydrogen) atoms. The normalized spacial score (nSPS) is 24.5. The van der Waals surface area contributed by atoms with Crippen LogP contribution in [0.4, 0.5) is 5.82 Å². The fourth-order valence-corrected chi connectivity index (χ4v) is 6.70. The molecule has 3 aromatic heterocycles. The first-order valence-electron chi connectivity index (χ1n) is 11.7. The van der Waals surface area contributed by atoms with Crippen LogP contribution >= 0.6 is 11.3 Å². The molecule has 0 spiro atoms. The van der Waals surface area contributed by atoms with Crippen molar-refractivity contribution in [3.63, 3.8) is 0 Å². The third-order valence-corrected chi connectivity index (χ3v) is 8.18. The third-order valence-electron chi connectivity index (χ3n) is 7.00. The van der Waals surface area contributed by atoms with Crippen LogP contribution in [0.5, 0.6) is 0 Å². The lowest BCUT2D eigenvalue weighted by molar-refractivity contribution is 0.0331. The number of rotatable bonds is 5. The van der Waals surface area contributed by atoms with Crippen LogP contribution in [0.1, 0.15) is 54.4 Å². The Morgan fingerprint density at radius 3 is 2.87 bits per heavy atom. The summed E-state index contributed by atoms with van der Waals surface area (Å²) >= 11 is 1.89. The molecule has 2 aliphatic carbocycles. The maximum absolute atomic E-state index is 5.52. The Bertz CT molecular complexity index is 1040. The van der Waals surface area contributed by atoms with Crippen LogP contribution in [-0.2, 0) is 24.1 Å².